The molecule has 0 unspecified atom stereocenters. The number of amides is 1. The number of carbonyl (C=O) groups is 1. The summed E-state index contributed by atoms with van der Waals surface area (Å²) in [5, 5.41) is 3.09. The van der Waals surface area contributed by atoms with E-state index in [1.165, 1.54) is 5.56 Å². The summed E-state index contributed by atoms with van der Waals surface area (Å²) in [4.78, 5) is 13.6. The van der Waals surface area contributed by atoms with E-state index in [-0.39, 0.29) is 11.3 Å². The fraction of sp³-hybridized carbons (Fsp3) is 0.429. The molecule has 0 aliphatic carbocycles. The minimum Gasteiger partial charge on any atom is -0.355 e. The van der Waals surface area contributed by atoms with Crippen molar-refractivity contribution in [3.05, 3.63) is 35.4 Å². The number of nitrogens with one attached hydrogen (secondary N) is 1. The quantitative estimate of drug-likeness (QED) is 0.791. The Kier molecular flexibility index (Phi) is 4.46. The molecule has 1 amide bonds. The molecule has 0 atom stereocenters. The van der Waals surface area contributed by atoms with Gasteiger partial charge in [-0.05, 0) is 35.3 Å². The third-order valence-electron chi connectivity index (χ3n) is 2.64. The number of hydrogen-bond acceptors (Lipinski definition) is 2. The van der Waals surface area contributed by atoms with Crippen molar-refractivity contribution in [2.24, 2.45) is 0 Å². The summed E-state index contributed by atoms with van der Waals surface area (Å²) in [5.74, 6) is -0.172. The van der Waals surface area contributed by atoms with Crippen molar-refractivity contribution < 1.29 is 4.79 Å². The Bertz CT molecular complexity index is 444. The van der Waals surface area contributed by atoms with Gasteiger partial charge in [-0.1, -0.05) is 32.9 Å². The van der Waals surface area contributed by atoms with Crippen molar-refractivity contribution in [1.29, 1.82) is 0 Å². The Labute approximate surface area is 114 Å². The first-order valence-electron chi connectivity index (χ1n) is 5.85. The number of nitrogens with zero attached hydrogens (tertiary/aromatic N) is 1. The third kappa shape index (κ3) is 3.81. The lowest BCUT2D eigenvalue weighted by Crippen LogP contribution is -2.38. The molecular formula is C14H20N2OS. The first-order valence-corrected chi connectivity index (χ1v) is 6.26. The molecule has 0 aromatic heterocycles. The van der Waals surface area contributed by atoms with E-state index < -0.39 is 0 Å². The van der Waals surface area contributed by atoms with Gasteiger partial charge in [0.25, 0.3) is 5.91 Å². The van der Waals surface area contributed by atoms with Crippen molar-refractivity contribution in [3.8, 4) is 0 Å². The molecule has 0 heterocycles. The molecule has 1 N–H and O–H groups in total. The first kappa shape index (κ1) is 14.6. The molecule has 0 fully saturated rings. The normalized spacial score (nSPS) is 10.9. The summed E-state index contributed by atoms with van der Waals surface area (Å²) in [5.41, 5.74) is 1.91. The second-order valence-electron chi connectivity index (χ2n) is 5.48. The van der Waals surface area contributed by atoms with E-state index in [9.17, 15) is 4.79 Å². The zero-order chi connectivity index (χ0) is 13.9. The van der Waals surface area contributed by atoms with Crippen LogP contribution in [0.2, 0.25) is 0 Å². The van der Waals surface area contributed by atoms with Crippen molar-refractivity contribution in [2.75, 3.05) is 14.1 Å². The van der Waals surface area contributed by atoms with Crippen LogP contribution in [-0.2, 0) is 5.41 Å². The van der Waals surface area contributed by atoms with Gasteiger partial charge in [0.1, 0.15) is 0 Å². The number of rotatable bonds is 1. The topological polar surface area (TPSA) is 32.3 Å². The highest BCUT2D eigenvalue weighted by Gasteiger charge is 2.14. The second kappa shape index (κ2) is 5.48. The van der Waals surface area contributed by atoms with Gasteiger partial charge in [-0.15, -0.1) is 0 Å². The molecule has 1 aromatic rings. The Balaban J connectivity index is 2.80. The van der Waals surface area contributed by atoms with Crippen molar-refractivity contribution in [2.45, 2.75) is 26.2 Å². The highest BCUT2D eigenvalue weighted by Crippen LogP contribution is 2.22. The average molecular weight is 264 g/mol. The molecule has 0 saturated heterocycles. The molecule has 0 bridgehead atoms. The minimum absolute atomic E-state index is 0.0912. The molecule has 0 saturated carbocycles. The van der Waals surface area contributed by atoms with Crippen LogP contribution in [0.1, 0.15) is 36.7 Å². The van der Waals surface area contributed by atoms with Crippen LogP contribution in [0.4, 0.5) is 0 Å². The smallest absolute Gasteiger partial charge is 0.257 e. The van der Waals surface area contributed by atoms with Gasteiger partial charge in [-0.25, -0.2) is 0 Å². The predicted octanol–water partition coefficient (Wildman–Crippen LogP) is 2.56. The summed E-state index contributed by atoms with van der Waals surface area (Å²) in [6.07, 6.45) is 0. The van der Waals surface area contributed by atoms with Crippen LogP contribution in [0.3, 0.4) is 0 Å². The molecule has 0 spiro atoms. The van der Waals surface area contributed by atoms with Crippen molar-refractivity contribution in [3.63, 3.8) is 0 Å². The van der Waals surface area contributed by atoms with E-state index in [4.69, 9.17) is 12.2 Å². The highest BCUT2D eigenvalue weighted by atomic mass is 32.1. The van der Waals surface area contributed by atoms with Gasteiger partial charge in [0, 0.05) is 19.7 Å². The summed E-state index contributed by atoms with van der Waals surface area (Å²) in [6, 6.07) is 7.61. The maximum Gasteiger partial charge on any atom is 0.257 e. The van der Waals surface area contributed by atoms with Crippen molar-refractivity contribution >= 4 is 23.2 Å². The number of thiocarbonyl (C=S) groups is 1. The lowest BCUT2D eigenvalue weighted by molar-refractivity contribution is 0.0974. The van der Waals surface area contributed by atoms with Crippen LogP contribution in [0.5, 0.6) is 0 Å². The fourth-order valence-corrected chi connectivity index (χ4v) is 1.50. The zero-order valence-corrected chi connectivity index (χ0v) is 12.4. The van der Waals surface area contributed by atoms with Gasteiger partial charge in [-0.3, -0.25) is 10.1 Å². The van der Waals surface area contributed by atoms with Gasteiger partial charge >= 0.3 is 0 Å². The number of benzene rings is 1. The summed E-state index contributed by atoms with van der Waals surface area (Å²) in [7, 11) is 3.59. The first-order chi connectivity index (χ1) is 8.21. The minimum atomic E-state index is -0.172. The predicted molar refractivity (Wildman–Crippen MR) is 78.9 cm³/mol. The Morgan fingerprint density at radius 3 is 2.06 bits per heavy atom. The van der Waals surface area contributed by atoms with Gasteiger partial charge < -0.3 is 4.90 Å². The monoisotopic (exact) mass is 264 g/mol. The summed E-state index contributed by atoms with van der Waals surface area (Å²) < 4.78 is 0. The standard InChI is InChI=1S/C14H20N2OS/c1-14(2,3)11-8-6-10(7-9-11)12(17)15-13(18)16(4)5/h6-9H,1-5H3,(H,15,17,18). The van der Waals surface area contributed by atoms with Gasteiger partial charge in [0.15, 0.2) is 5.11 Å². The van der Waals surface area contributed by atoms with E-state index >= 15 is 0 Å². The van der Waals surface area contributed by atoms with Crippen LogP contribution in [0.25, 0.3) is 0 Å². The molecule has 4 heteroatoms. The van der Waals surface area contributed by atoms with Crippen molar-refractivity contribution in [1.82, 2.24) is 10.2 Å². The molecule has 0 aliphatic heterocycles. The van der Waals surface area contributed by atoms with Crippen LogP contribution < -0.4 is 5.32 Å². The molecule has 0 aliphatic rings. The zero-order valence-electron chi connectivity index (χ0n) is 11.6. The van der Waals surface area contributed by atoms with E-state index in [0.29, 0.717) is 10.7 Å². The van der Waals surface area contributed by atoms with E-state index in [0.717, 1.165) is 0 Å². The van der Waals surface area contributed by atoms with E-state index in [2.05, 4.69) is 26.1 Å². The fourth-order valence-electron chi connectivity index (χ4n) is 1.40. The molecular weight excluding hydrogens is 244 g/mol. The molecule has 1 rings (SSSR count). The molecule has 1 aromatic carbocycles. The Hall–Kier alpha value is -1.42. The van der Waals surface area contributed by atoms with Gasteiger partial charge in [0.2, 0.25) is 0 Å². The Morgan fingerprint density at radius 2 is 1.67 bits per heavy atom. The molecule has 0 radical (unpaired) electrons. The largest absolute Gasteiger partial charge is 0.355 e. The molecule has 18 heavy (non-hydrogen) atoms. The van der Waals surface area contributed by atoms with Crippen LogP contribution >= 0.6 is 12.2 Å². The van der Waals surface area contributed by atoms with E-state index in [1.54, 1.807) is 19.0 Å². The lowest BCUT2D eigenvalue weighted by atomic mass is 9.87. The van der Waals surface area contributed by atoms with Gasteiger partial charge in [0.05, 0.1) is 0 Å². The summed E-state index contributed by atoms with van der Waals surface area (Å²) in [6.45, 7) is 6.43. The molecule has 98 valence electrons. The maximum atomic E-state index is 11.9. The van der Waals surface area contributed by atoms with Crippen LogP contribution in [0.15, 0.2) is 24.3 Å². The SMILES string of the molecule is CN(C)C(=S)NC(=O)c1ccc(C(C)(C)C)cc1. The average Bonchev–Trinajstić information content (AvgIpc) is 2.27. The molecule has 3 nitrogen and oxygen atoms in total. The van der Waals surface area contributed by atoms with E-state index in [1.807, 2.05) is 24.3 Å². The van der Waals surface area contributed by atoms with Crippen LogP contribution in [0, 0.1) is 0 Å². The number of carbonyl (C=O) groups excluding carboxylic acids is 1. The maximum absolute atomic E-state index is 11.9. The lowest BCUT2D eigenvalue weighted by Gasteiger charge is -2.19. The highest BCUT2D eigenvalue weighted by molar-refractivity contribution is 7.80. The third-order valence-corrected chi connectivity index (χ3v) is 3.11. The summed E-state index contributed by atoms with van der Waals surface area (Å²) >= 11 is 5.03. The second-order valence-corrected chi connectivity index (χ2v) is 5.87. The van der Waals surface area contributed by atoms with Crippen LogP contribution in [-0.4, -0.2) is 30.0 Å². The van der Waals surface area contributed by atoms with Gasteiger partial charge in [-0.2, -0.15) is 0 Å². The number of hydrogen-bond donors (Lipinski definition) is 1. The Morgan fingerprint density at radius 1 is 1.17 bits per heavy atom.